The van der Waals surface area contributed by atoms with E-state index in [4.69, 9.17) is 11.6 Å². The molecule has 0 atom stereocenters. The van der Waals surface area contributed by atoms with Crippen LogP contribution in [0.25, 0.3) is 0 Å². The number of nitrogens with one attached hydrogen (secondary N) is 3. The molecule has 0 radical (unpaired) electrons. The predicted octanol–water partition coefficient (Wildman–Crippen LogP) is 2.95. The molecule has 2 amide bonds. The maximum Gasteiger partial charge on any atom is 0.253 e. The highest BCUT2D eigenvalue weighted by molar-refractivity contribution is 6.34. The lowest BCUT2D eigenvalue weighted by Gasteiger charge is -2.23. The number of carbonyl (C=O) groups is 2. The molecule has 0 aromatic heterocycles. The van der Waals surface area contributed by atoms with Gasteiger partial charge in [0.25, 0.3) is 5.91 Å². The Morgan fingerprint density at radius 3 is 2.65 bits per heavy atom. The standard InChI is InChI=1S/C17H24ClN3O2/c1-19-10-9-16(22)20-13-7-8-15(18)14(11-13)17(23)21-12-5-3-2-4-6-12/h7-8,11-12,19H,2-6,9-10H2,1H3,(H,20,22)(H,21,23). The van der Waals surface area contributed by atoms with Gasteiger partial charge in [0.2, 0.25) is 5.91 Å². The van der Waals surface area contributed by atoms with E-state index in [-0.39, 0.29) is 17.9 Å². The topological polar surface area (TPSA) is 70.2 Å². The number of halogens is 1. The Labute approximate surface area is 142 Å². The highest BCUT2D eigenvalue weighted by Gasteiger charge is 2.18. The highest BCUT2D eigenvalue weighted by atomic mass is 35.5. The van der Waals surface area contributed by atoms with Crippen LogP contribution in [-0.4, -0.2) is 31.4 Å². The number of anilines is 1. The Hall–Kier alpha value is -1.59. The number of hydrogen-bond donors (Lipinski definition) is 3. The van der Waals surface area contributed by atoms with Crippen molar-refractivity contribution in [3.8, 4) is 0 Å². The number of benzene rings is 1. The Kier molecular flexibility index (Phi) is 6.86. The number of rotatable bonds is 6. The molecule has 23 heavy (non-hydrogen) atoms. The molecule has 0 bridgehead atoms. The third kappa shape index (κ3) is 5.52. The van der Waals surface area contributed by atoms with Gasteiger partial charge in [0.15, 0.2) is 0 Å². The molecule has 1 saturated carbocycles. The summed E-state index contributed by atoms with van der Waals surface area (Å²) in [6, 6.07) is 5.21. The third-order valence-corrected chi connectivity index (χ3v) is 4.37. The third-order valence-electron chi connectivity index (χ3n) is 4.04. The fraction of sp³-hybridized carbons (Fsp3) is 0.529. The van der Waals surface area contributed by atoms with Crippen LogP contribution in [0.1, 0.15) is 48.9 Å². The van der Waals surface area contributed by atoms with Crippen molar-refractivity contribution in [3.05, 3.63) is 28.8 Å². The summed E-state index contributed by atoms with van der Waals surface area (Å²) in [5.41, 5.74) is 0.993. The zero-order valence-electron chi connectivity index (χ0n) is 13.5. The van der Waals surface area contributed by atoms with Crippen LogP contribution in [0, 0.1) is 0 Å². The first-order chi connectivity index (χ1) is 11.1. The van der Waals surface area contributed by atoms with Gasteiger partial charge in [0, 0.05) is 24.7 Å². The number of amides is 2. The fourth-order valence-corrected chi connectivity index (χ4v) is 2.95. The Morgan fingerprint density at radius 2 is 1.96 bits per heavy atom. The molecule has 0 spiro atoms. The Bertz CT molecular complexity index is 557. The van der Waals surface area contributed by atoms with Crippen LogP contribution < -0.4 is 16.0 Å². The first-order valence-corrected chi connectivity index (χ1v) is 8.53. The number of carbonyl (C=O) groups excluding carboxylic acids is 2. The van der Waals surface area contributed by atoms with Crippen molar-refractivity contribution in [2.45, 2.75) is 44.6 Å². The lowest BCUT2D eigenvalue weighted by atomic mass is 9.95. The maximum atomic E-state index is 12.4. The van der Waals surface area contributed by atoms with Gasteiger partial charge in [0.05, 0.1) is 10.6 Å². The van der Waals surface area contributed by atoms with Crippen molar-refractivity contribution in [3.63, 3.8) is 0 Å². The van der Waals surface area contributed by atoms with Crippen molar-refractivity contribution < 1.29 is 9.59 Å². The molecule has 0 saturated heterocycles. The van der Waals surface area contributed by atoms with E-state index in [9.17, 15) is 9.59 Å². The van der Waals surface area contributed by atoms with Gasteiger partial charge < -0.3 is 16.0 Å². The summed E-state index contributed by atoms with van der Waals surface area (Å²) in [4.78, 5) is 24.2. The van der Waals surface area contributed by atoms with Crippen molar-refractivity contribution >= 4 is 29.1 Å². The van der Waals surface area contributed by atoms with Gasteiger partial charge >= 0.3 is 0 Å². The molecular formula is C17H24ClN3O2. The van der Waals surface area contributed by atoms with Gasteiger partial charge in [-0.15, -0.1) is 0 Å². The zero-order chi connectivity index (χ0) is 16.7. The molecule has 1 aliphatic carbocycles. The first kappa shape index (κ1) is 17.8. The lowest BCUT2D eigenvalue weighted by Crippen LogP contribution is -2.36. The molecule has 1 aromatic rings. The fourth-order valence-electron chi connectivity index (χ4n) is 2.75. The second kappa shape index (κ2) is 8.89. The van der Waals surface area contributed by atoms with E-state index in [0.717, 1.165) is 25.7 Å². The number of hydrogen-bond acceptors (Lipinski definition) is 3. The van der Waals surface area contributed by atoms with E-state index in [1.807, 2.05) is 0 Å². The molecule has 1 aromatic carbocycles. The van der Waals surface area contributed by atoms with Crippen LogP contribution in [0.5, 0.6) is 0 Å². The second-order valence-corrected chi connectivity index (χ2v) is 6.31. The summed E-state index contributed by atoms with van der Waals surface area (Å²) in [6.45, 7) is 0.606. The average molecular weight is 338 g/mol. The van der Waals surface area contributed by atoms with Crippen molar-refractivity contribution in [2.75, 3.05) is 18.9 Å². The monoisotopic (exact) mass is 337 g/mol. The van der Waals surface area contributed by atoms with E-state index in [2.05, 4.69) is 16.0 Å². The Balaban J connectivity index is 2.01. The van der Waals surface area contributed by atoms with Crippen LogP contribution in [0.15, 0.2) is 18.2 Å². The summed E-state index contributed by atoms with van der Waals surface area (Å²) >= 11 is 6.15. The summed E-state index contributed by atoms with van der Waals surface area (Å²) in [7, 11) is 1.79. The lowest BCUT2D eigenvalue weighted by molar-refractivity contribution is -0.116. The summed E-state index contributed by atoms with van der Waals surface area (Å²) in [5.74, 6) is -0.270. The quantitative estimate of drug-likeness (QED) is 0.747. The second-order valence-electron chi connectivity index (χ2n) is 5.90. The minimum absolute atomic E-state index is 0.0969. The molecule has 1 fully saturated rings. The van der Waals surface area contributed by atoms with Crippen LogP contribution >= 0.6 is 11.6 Å². The predicted molar refractivity (Wildman–Crippen MR) is 93.0 cm³/mol. The SMILES string of the molecule is CNCCC(=O)Nc1ccc(Cl)c(C(=O)NC2CCCCC2)c1. The van der Waals surface area contributed by atoms with E-state index in [0.29, 0.717) is 29.2 Å². The van der Waals surface area contributed by atoms with Gasteiger partial charge in [-0.25, -0.2) is 0 Å². The van der Waals surface area contributed by atoms with E-state index in [1.165, 1.54) is 6.42 Å². The van der Waals surface area contributed by atoms with Gasteiger partial charge in [-0.05, 0) is 38.1 Å². The normalized spacial score (nSPS) is 15.2. The van der Waals surface area contributed by atoms with Crippen LogP contribution in [0.2, 0.25) is 5.02 Å². The van der Waals surface area contributed by atoms with Gasteiger partial charge in [-0.2, -0.15) is 0 Å². The Morgan fingerprint density at radius 1 is 1.22 bits per heavy atom. The summed E-state index contributed by atoms with van der Waals surface area (Å²) in [6.07, 6.45) is 5.96. The van der Waals surface area contributed by atoms with Crippen molar-refractivity contribution in [1.29, 1.82) is 0 Å². The summed E-state index contributed by atoms with van der Waals surface area (Å²) < 4.78 is 0. The van der Waals surface area contributed by atoms with Crippen LogP contribution in [-0.2, 0) is 4.79 Å². The molecule has 5 nitrogen and oxygen atoms in total. The molecule has 0 heterocycles. The van der Waals surface area contributed by atoms with Crippen molar-refractivity contribution in [1.82, 2.24) is 10.6 Å². The van der Waals surface area contributed by atoms with E-state index >= 15 is 0 Å². The maximum absolute atomic E-state index is 12.4. The minimum atomic E-state index is -0.173. The molecular weight excluding hydrogens is 314 g/mol. The largest absolute Gasteiger partial charge is 0.349 e. The molecule has 126 valence electrons. The molecule has 0 unspecified atom stereocenters. The van der Waals surface area contributed by atoms with Gasteiger partial charge in [0.1, 0.15) is 0 Å². The van der Waals surface area contributed by atoms with Crippen LogP contribution in [0.4, 0.5) is 5.69 Å². The first-order valence-electron chi connectivity index (χ1n) is 8.15. The molecule has 3 N–H and O–H groups in total. The molecule has 1 aliphatic rings. The molecule has 6 heteroatoms. The minimum Gasteiger partial charge on any atom is -0.349 e. The summed E-state index contributed by atoms with van der Waals surface area (Å²) in [5, 5.41) is 9.15. The van der Waals surface area contributed by atoms with E-state index in [1.54, 1.807) is 25.2 Å². The smallest absolute Gasteiger partial charge is 0.253 e. The van der Waals surface area contributed by atoms with Crippen molar-refractivity contribution in [2.24, 2.45) is 0 Å². The van der Waals surface area contributed by atoms with Crippen LogP contribution in [0.3, 0.4) is 0 Å². The molecule has 0 aliphatic heterocycles. The van der Waals surface area contributed by atoms with Gasteiger partial charge in [-0.1, -0.05) is 30.9 Å². The molecule has 2 rings (SSSR count). The average Bonchev–Trinajstić information content (AvgIpc) is 2.55. The van der Waals surface area contributed by atoms with Gasteiger partial charge in [-0.3, -0.25) is 9.59 Å². The van der Waals surface area contributed by atoms with E-state index < -0.39 is 0 Å². The zero-order valence-corrected chi connectivity index (χ0v) is 14.2. The highest BCUT2D eigenvalue weighted by Crippen LogP contribution is 2.22.